The highest BCUT2D eigenvalue weighted by molar-refractivity contribution is 5.99. The summed E-state index contributed by atoms with van der Waals surface area (Å²) < 4.78 is 2.12. The molecule has 1 aromatic heterocycles. The molecule has 6 nitrogen and oxygen atoms in total. The molecule has 2 aliphatic heterocycles. The number of nitrogens with zero attached hydrogens (tertiary/aromatic N) is 2. The molecule has 2 N–H and O–H groups in total. The molecule has 2 aromatic rings. The zero-order valence-electron chi connectivity index (χ0n) is 14.1. The Balaban J connectivity index is 1.23. The van der Waals surface area contributed by atoms with Gasteiger partial charge in [0.2, 0.25) is 11.8 Å². The Kier molecular flexibility index (Phi) is 4.26. The Morgan fingerprint density at radius 3 is 3.24 bits per heavy atom. The molecule has 0 unspecified atom stereocenters. The SMILES string of the molecule is O=C1Cc2cc(CCCC(=O)N[C@H]3CCc4nccn4C3)ccc2N1. The zero-order valence-corrected chi connectivity index (χ0v) is 14.1. The third-order valence-electron chi connectivity index (χ3n) is 4.96. The van der Waals surface area contributed by atoms with Gasteiger partial charge < -0.3 is 15.2 Å². The first-order chi connectivity index (χ1) is 12.2. The van der Waals surface area contributed by atoms with Crippen molar-refractivity contribution in [3.05, 3.63) is 47.5 Å². The van der Waals surface area contributed by atoms with Crippen LogP contribution in [0.15, 0.2) is 30.6 Å². The van der Waals surface area contributed by atoms with E-state index in [2.05, 4.69) is 26.3 Å². The van der Waals surface area contributed by atoms with E-state index in [0.717, 1.165) is 49.3 Å². The fourth-order valence-electron chi connectivity index (χ4n) is 3.68. The minimum Gasteiger partial charge on any atom is -0.352 e. The van der Waals surface area contributed by atoms with Gasteiger partial charge in [-0.25, -0.2) is 4.98 Å². The second-order valence-corrected chi connectivity index (χ2v) is 6.87. The number of amides is 2. The fraction of sp³-hybridized carbons (Fsp3) is 0.421. The van der Waals surface area contributed by atoms with Crippen LogP contribution in [0, 0.1) is 0 Å². The van der Waals surface area contributed by atoms with Gasteiger partial charge >= 0.3 is 0 Å². The number of nitrogens with one attached hydrogen (secondary N) is 2. The van der Waals surface area contributed by atoms with Crippen LogP contribution in [0.25, 0.3) is 0 Å². The van der Waals surface area contributed by atoms with E-state index in [1.165, 1.54) is 5.56 Å². The number of carbonyl (C=O) groups is 2. The maximum atomic E-state index is 12.2. The van der Waals surface area contributed by atoms with Crippen molar-refractivity contribution in [2.24, 2.45) is 0 Å². The summed E-state index contributed by atoms with van der Waals surface area (Å²) >= 11 is 0. The van der Waals surface area contributed by atoms with Crippen LogP contribution in [0.1, 0.15) is 36.2 Å². The van der Waals surface area contributed by atoms with E-state index >= 15 is 0 Å². The molecule has 0 spiro atoms. The molecule has 3 heterocycles. The predicted octanol–water partition coefficient (Wildman–Crippen LogP) is 1.83. The topological polar surface area (TPSA) is 76.0 Å². The lowest BCUT2D eigenvalue weighted by molar-refractivity contribution is -0.122. The van der Waals surface area contributed by atoms with Gasteiger partial charge in [0, 0.05) is 43.5 Å². The molecule has 2 amide bonds. The van der Waals surface area contributed by atoms with Crippen LogP contribution in [0.3, 0.4) is 0 Å². The zero-order chi connectivity index (χ0) is 17.2. The van der Waals surface area contributed by atoms with Crippen LogP contribution < -0.4 is 10.6 Å². The summed E-state index contributed by atoms with van der Waals surface area (Å²) in [5.41, 5.74) is 3.16. The lowest BCUT2D eigenvalue weighted by Gasteiger charge is -2.24. The molecule has 6 heteroatoms. The van der Waals surface area contributed by atoms with Gasteiger partial charge in [-0.3, -0.25) is 9.59 Å². The molecule has 0 aliphatic carbocycles. The Hall–Kier alpha value is -2.63. The number of aromatic nitrogens is 2. The molecular formula is C19H22N4O2. The number of benzene rings is 1. The van der Waals surface area contributed by atoms with Gasteiger partial charge in [-0.1, -0.05) is 12.1 Å². The van der Waals surface area contributed by atoms with E-state index in [1.54, 1.807) is 0 Å². The minimum atomic E-state index is 0.0556. The van der Waals surface area contributed by atoms with Crippen molar-refractivity contribution in [3.8, 4) is 0 Å². The van der Waals surface area contributed by atoms with E-state index < -0.39 is 0 Å². The largest absolute Gasteiger partial charge is 0.352 e. The maximum absolute atomic E-state index is 12.2. The van der Waals surface area contributed by atoms with Crippen LogP contribution in [-0.2, 0) is 35.4 Å². The molecule has 0 saturated heterocycles. The number of anilines is 1. The van der Waals surface area contributed by atoms with Crippen LogP contribution in [0.2, 0.25) is 0 Å². The van der Waals surface area contributed by atoms with Crippen molar-refractivity contribution in [1.29, 1.82) is 0 Å². The average molecular weight is 338 g/mol. The Labute approximate surface area is 146 Å². The summed E-state index contributed by atoms with van der Waals surface area (Å²) in [5.74, 6) is 1.28. The number of carbonyl (C=O) groups excluding carboxylic acids is 2. The summed E-state index contributed by atoms with van der Waals surface area (Å²) in [6.45, 7) is 0.812. The molecule has 0 radical (unpaired) electrons. The van der Waals surface area contributed by atoms with E-state index in [1.807, 2.05) is 24.5 Å². The predicted molar refractivity (Wildman–Crippen MR) is 94.2 cm³/mol. The Morgan fingerprint density at radius 1 is 1.40 bits per heavy atom. The highest BCUT2D eigenvalue weighted by atomic mass is 16.2. The first-order valence-corrected chi connectivity index (χ1v) is 8.88. The molecule has 130 valence electrons. The number of aryl methyl sites for hydroxylation is 2. The molecule has 2 aliphatic rings. The fourth-order valence-corrected chi connectivity index (χ4v) is 3.68. The van der Waals surface area contributed by atoms with Gasteiger partial charge in [-0.15, -0.1) is 0 Å². The number of fused-ring (bicyclic) bond motifs is 2. The number of hydrogen-bond donors (Lipinski definition) is 2. The van der Waals surface area contributed by atoms with E-state index in [4.69, 9.17) is 0 Å². The smallest absolute Gasteiger partial charge is 0.228 e. The van der Waals surface area contributed by atoms with Crippen molar-refractivity contribution < 1.29 is 9.59 Å². The van der Waals surface area contributed by atoms with Gasteiger partial charge in [0.05, 0.1) is 6.42 Å². The second-order valence-electron chi connectivity index (χ2n) is 6.87. The third-order valence-corrected chi connectivity index (χ3v) is 4.96. The molecule has 25 heavy (non-hydrogen) atoms. The molecule has 0 saturated carbocycles. The quantitative estimate of drug-likeness (QED) is 0.873. The van der Waals surface area contributed by atoms with Gasteiger partial charge in [-0.2, -0.15) is 0 Å². The highest BCUT2D eigenvalue weighted by Crippen LogP contribution is 2.24. The lowest BCUT2D eigenvalue weighted by Crippen LogP contribution is -2.40. The van der Waals surface area contributed by atoms with Crippen LogP contribution >= 0.6 is 0 Å². The molecule has 4 rings (SSSR count). The Morgan fingerprint density at radius 2 is 2.32 bits per heavy atom. The number of hydrogen-bond acceptors (Lipinski definition) is 3. The first-order valence-electron chi connectivity index (χ1n) is 8.88. The number of rotatable bonds is 5. The van der Waals surface area contributed by atoms with Crippen molar-refractivity contribution in [2.75, 3.05) is 5.32 Å². The van der Waals surface area contributed by atoms with Crippen LogP contribution in [0.5, 0.6) is 0 Å². The molecular weight excluding hydrogens is 316 g/mol. The van der Waals surface area contributed by atoms with Crippen LogP contribution in [-0.4, -0.2) is 27.4 Å². The summed E-state index contributed by atoms with van der Waals surface area (Å²) in [7, 11) is 0. The second kappa shape index (κ2) is 6.70. The van der Waals surface area contributed by atoms with E-state index in [9.17, 15) is 9.59 Å². The molecule has 1 aromatic carbocycles. The lowest BCUT2D eigenvalue weighted by atomic mass is 10.0. The van der Waals surface area contributed by atoms with Gasteiger partial charge in [0.15, 0.2) is 0 Å². The van der Waals surface area contributed by atoms with Gasteiger partial charge in [0.1, 0.15) is 5.82 Å². The minimum absolute atomic E-state index is 0.0556. The summed E-state index contributed by atoms with van der Waals surface area (Å²) in [5, 5.41) is 5.98. The average Bonchev–Trinajstić information content (AvgIpc) is 3.19. The summed E-state index contributed by atoms with van der Waals surface area (Å²) in [4.78, 5) is 27.9. The standard InChI is InChI=1S/C19H22N4O2/c24-18(21-15-5-7-17-20-8-9-23(17)12-15)3-1-2-13-4-6-16-14(10-13)11-19(25)22-16/h4,6,8-10,15H,1-3,5,7,11-12H2,(H,21,24)(H,22,25)/t15-/m0/s1. The van der Waals surface area contributed by atoms with Crippen molar-refractivity contribution >= 4 is 17.5 Å². The highest BCUT2D eigenvalue weighted by Gasteiger charge is 2.20. The van der Waals surface area contributed by atoms with E-state index in [0.29, 0.717) is 12.8 Å². The maximum Gasteiger partial charge on any atom is 0.228 e. The van der Waals surface area contributed by atoms with Crippen molar-refractivity contribution in [1.82, 2.24) is 14.9 Å². The van der Waals surface area contributed by atoms with Crippen molar-refractivity contribution in [3.63, 3.8) is 0 Å². The van der Waals surface area contributed by atoms with Crippen molar-refractivity contribution in [2.45, 2.75) is 51.1 Å². The number of imidazole rings is 1. The monoisotopic (exact) mass is 338 g/mol. The van der Waals surface area contributed by atoms with Gasteiger partial charge in [-0.05, 0) is 36.5 Å². The van der Waals surface area contributed by atoms with Crippen LogP contribution in [0.4, 0.5) is 5.69 Å². The van der Waals surface area contributed by atoms with E-state index in [-0.39, 0.29) is 17.9 Å². The molecule has 0 fully saturated rings. The third kappa shape index (κ3) is 3.57. The first kappa shape index (κ1) is 15.9. The normalized spacial score (nSPS) is 18.4. The molecule has 0 bridgehead atoms. The Bertz CT molecular complexity index is 812. The summed E-state index contributed by atoms with van der Waals surface area (Å²) in [6, 6.07) is 6.27. The molecule has 1 atom stereocenters. The van der Waals surface area contributed by atoms with Gasteiger partial charge in [0.25, 0.3) is 0 Å². The summed E-state index contributed by atoms with van der Waals surface area (Å²) in [6.07, 6.45) is 8.32.